The SMILES string of the molecule is CC(C)C(N)C(=O)N(CC1CCCN1C)C(C)C. The zero-order chi connectivity index (χ0) is 13.9. The average molecular weight is 255 g/mol. The molecule has 1 aliphatic rings. The molecule has 2 N–H and O–H groups in total. The fourth-order valence-electron chi connectivity index (χ4n) is 2.47. The molecule has 4 nitrogen and oxygen atoms in total. The third kappa shape index (κ3) is 3.69. The Kier molecular flexibility index (Phi) is 5.60. The summed E-state index contributed by atoms with van der Waals surface area (Å²) in [6.07, 6.45) is 2.42. The number of nitrogens with zero attached hydrogens (tertiary/aromatic N) is 2. The first-order valence-corrected chi connectivity index (χ1v) is 7.11. The Hall–Kier alpha value is -0.610. The van der Waals surface area contributed by atoms with Gasteiger partial charge in [0.05, 0.1) is 6.04 Å². The lowest BCUT2D eigenvalue weighted by Crippen LogP contribution is -2.52. The van der Waals surface area contributed by atoms with Crippen molar-refractivity contribution in [3.8, 4) is 0 Å². The molecule has 0 aromatic heterocycles. The highest BCUT2D eigenvalue weighted by Crippen LogP contribution is 2.18. The maximum atomic E-state index is 12.4. The molecular formula is C14H29N3O. The third-order valence-corrected chi connectivity index (χ3v) is 3.99. The van der Waals surface area contributed by atoms with E-state index < -0.39 is 0 Å². The van der Waals surface area contributed by atoms with E-state index in [2.05, 4.69) is 25.8 Å². The van der Waals surface area contributed by atoms with Crippen LogP contribution in [-0.2, 0) is 4.79 Å². The van der Waals surface area contributed by atoms with E-state index in [1.807, 2.05) is 18.7 Å². The van der Waals surface area contributed by atoms with Crippen LogP contribution in [0.25, 0.3) is 0 Å². The minimum absolute atomic E-state index is 0.0975. The van der Waals surface area contributed by atoms with Crippen molar-refractivity contribution in [2.45, 2.75) is 58.7 Å². The van der Waals surface area contributed by atoms with Gasteiger partial charge in [-0.3, -0.25) is 4.79 Å². The Morgan fingerprint density at radius 2 is 2.00 bits per heavy atom. The van der Waals surface area contributed by atoms with E-state index in [4.69, 9.17) is 5.73 Å². The minimum atomic E-state index is -0.376. The quantitative estimate of drug-likeness (QED) is 0.805. The van der Waals surface area contributed by atoms with Gasteiger partial charge in [0.1, 0.15) is 0 Å². The maximum Gasteiger partial charge on any atom is 0.240 e. The van der Waals surface area contributed by atoms with Gasteiger partial charge in [0.2, 0.25) is 5.91 Å². The topological polar surface area (TPSA) is 49.6 Å². The number of hydrogen-bond acceptors (Lipinski definition) is 3. The van der Waals surface area contributed by atoms with Gasteiger partial charge in [-0.2, -0.15) is 0 Å². The molecule has 106 valence electrons. The van der Waals surface area contributed by atoms with Crippen LogP contribution in [0.1, 0.15) is 40.5 Å². The van der Waals surface area contributed by atoms with Crippen molar-refractivity contribution in [3.63, 3.8) is 0 Å². The van der Waals surface area contributed by atoms with Gasteiger partial charge in [0.15, 0.2) is 0 Å². The highest BCUT2D eigenvalue weighted by molar-refractivity contribution is 5.82. The van der Waals surface area contributed by atoms with E-state index in [0.717, 1.165) is 13.1 Å². The van der Waals surface area contributed by atoms with Gasteiger partial charge in [-0.15, -0.1) is 0 Å². The van der Waals surface area contributed by atoms with Crippen molar-refractivity contribution in [2.75, 3.05) is 20.1 Å². The summed E-state index contributed by atoms with van der Waals surface area (Å²) in [6, 6.07) is 0.339. The molecule has 0 spiro atoms. The lowest BCUT2D eigenvalue weighted by molar-refractivity contribution is -0.136. The Bertz CT molecular complexity index is 278. The van der Waals surface area contributed by atoms with Crippen LogP contribution < -0.4 is 5.73 Å². The van der Waals surface area contributed by atoms with Crippen LogP contribution in [0.2, 0.25) is 0 Å². The van der Waals surface area contributed by atoms with Crippen LogP contribution in [0.5, 0.6) is 0 Å². The van der Waals surface area contributed by atoms with E-state index in [0.29, 0.717) is 6.04 Å². The smallest absolute Gasteiger partial charge is 0.240 e. The third-order valence-electron chi connectivity index (χ3n) is 3.99. The zero-order valence-corrected chi connectivity index (χ0v) is 12.5. The number of rotatable bonds is 5. The van der Waals surface area contributed by atoms with E-state index in [-0.39, 0.29) is 23.9 Å². The van der Waals surface area contributed by atoms with Crippen molar-refractivity contribution in [1.82, 2.24) is 9.80 Å². The Morgan fingerprint density at radius 3 is 2.39 bits per heavy atom. The summed E-state index contributed by atoms with van der Waals surface area (Å²) in [5, 5.41) is 0. The van der Waals surface area contributed by atoms with Gasteiger partial charge < -0.3 is 15.5 Å². The molecule has 1 heterocycles. The number of likely N-dealkylation sites (tertiary alicyclic amines) is 1. The molecule has 18 heavy (non-hydrogen) atoms. The van der Waals surface area contributed by atoms with E-state index in [9.17, 15) is 4.79 Å². The first kappa shape index (κ1) is 15.4. The first-order valence-electron chi connectivity index (χ1n) is 7.11. The molecule has 2 unspecified atom stereocenters. The van der Waals surface area contributed by atoms with E-state index in [1.165, 1.54) is 12.8 Å². The summed E-state index contributed by atoms with van der Waals surface area (Å²) in [7, 11) is 2.14. The molecule has 1 fully saturated rings. The standard InChI is InChI=1S/C14H29N3O/c1-10(2)13(15)14(18)17(11(3)4)9-12-7-6-8-16(12)5/h10-13H,6-9,15H2,1-5H3. The van der Waals surface area contributed by atoms with E-state index in [1.54, 1.807) is 0 Å². The summed E-state index contributed by atoms with van der Waals surface area (Å²) in [4.78, 5) is 16.7. The number of likely N-dealkylation sites (N-methyl/N-ethyl adjacent to an activating group) is 1. The van der Waals surface area contributed by atoms with E-state index >= 15 is 0 Å². The molecule has 1 saturated heterocycles. The van der Waals surface area contributed by atoms with Gasteiger partial charge >= 0.3 is 0 Å². The Balaban J connectivity index is 2.67. The molecule has 0 aromatic carbocycles. The van der Waals surface area contributed by atoms with Gasteiger partial charge in [0, 0.05) is 18.6 Å². The second-order valence-electron chi connectivity index (χ2n) is 6.13. The van der Waals surface area contributed by atoms with Gasteiger partial charge in [0.25, 0.3) is 0 Å². The first-order chi connectivity index (χ1) is 8.34. The summed E-state index contributed by atoms with van der Waals surface area (Å²) in [5.74, 6) is 0.292. The predicted octanol–water partition coefficient (Wildman–Crippen LogP) is 1.30. The summed E-state index contributed by atoms with van der Waals surface area (Å²) < 4.78 is 0. The van der Waals surface area contributed by atoms with Crippen molar-refractivity contribution in [1.29, 1.82) is 0 Å². The second kappa shape index (κ2) is 6.53. The highest BCUT2D eigenvalue weighted by Gasteiger charge is 2.30. The molecular weight excluding hydrogens is 226 g/mol. The second-order valence-corrected chi connectivity index (χ2v) is 6.13. The number of nitrogens with two attached hydrogens (primary N) is 1. The fraction of sp³-hybridized carbons (Fsp3) is 0.929. The van der Waals surface area contributed by atoms with Crippen molar-refractivity contribution < 1.29 is 4.79 Å². The summed E-state index contributed by atoms with van der Waals surface area (Å²) in [5.41, 5.74) is 6.00. The number of hydrogen-bond donors (Lipinski definition) is 1. The molecule has 0 aromatic rings. The molecule has 1 aliphatic heterocycles. The number of carbonyl (C=O) groups is 1. The molecule has 0 aliphatic carbocycles. The van der Waals surface area contributed by atoms with Crippen molar-refractivity contribution in [2.24, 2.45) is 11.7 Å². The van der Waals surface area contributed by atoms with Crippen molar-refractivity contribution >= 4 is 5.91 Å². The van der Waals surface area contributed by atoms with Gasteiger partial charge in [-0.05, 0) is 46.2 Å². The van der Waals surface area contributed by atoms with Crippen LogP contribution >= 0.6 is 0 Å². The Morgan fingerprint density at radius 1 is 1.39 bits per heavy atom. The summed E-state index contributed by atoms with van der Waals surface area (Å²) >= 11 is 0. The van der Waals surface area contributed by atoms with Crippen LogP contribution in [0.15, 0.2) is 0 Å². The Labute approximate surface area is 111 Å². The molecule has 2 atom stereocenters. The normalized spacial score (nSPS) is 22.8. The molecule has 1 amide bonds. The van der Waals surface area contributed by atoms with Gasteiger partial charge in [-0.25, -0.2) is 0 Å². The van der Waals surface area contributed by atoms with Crippen molar-refractivity contribution in [3.05, 3.63) is 0 Å². The fourth-order valence-corrected chi connectivity index (χ4v) is 2.47. The molecule has 0 saturated carbocycles. The van der Waals surface area contributed by atoms with Crippen LogP contribution in [0.3, 0.4) is 0 Å². The minimum Gasteiger partial charge on any atom is -0.337 e. The molecule has 0 radical (unpaired) electrons. The van der Waals surface area contributed by atoms with Crippen LogP contribution in [-0.4, -0.2) is 54.0 Å². The lowest BCUT2D eigenvalue weighted by Gasteiger charge is -2.34. The number of amides is 1. The van der Waals surface area contributed by atoms with Crippen LogP contribution in [0.4, 0.5) is 0 Å². The maximum absolute atomic E-state index is 12.4. The lowest BCUT2D eigenvalue weighted by atomic mass is 10.0. The largest absolute Gasteiger partial charge is 0.337 e. The molecule has 0 bridgehead atoms. The average Bonchev–Trinajstić information content (AvgIpc) is 2.69. The molecule has 1 rings (SSSR count). The van der Waals surface area contributed by atoms with Crippen LogP contribution in [0, 0.1) is 5.92 Å². The predicted molar refractivity (Wildman–Crippen MR) is 75.3 cm³/mol. The monoisotopic (exact) mass is 255 g/mol. The summed E-state index contributed by atoms with van der Waals surface area (Å²) in [6.45, 7) is 10.1. The molecule has 4 heteroatoms. The number of carbonyl (C=O) groups excluding carboxylic acids is 1. The zero-order valence-electron chi connectivity index (χ0n) is 12.5. The highest BCUT2D eigenvalue weighted by atomic mass is 16.2. The van der Waals surface area contributed by atoms with Gasteiger partial charge in [-0.1, -0.05) is 13.8 Å².